The summed E-state index contributed by atoms with van der Waals surface area (Å²) < 4.78 is 0. The van der Waals surface area contributed by atoms with Gasteiger partial charge in [0.2, 0.25) is 0 Å². The van der Waals surface area contributed by atoms with Crippen molar-refractivity contribution in [3.8, 4) is 0 Å². The molecule has 2 heteroatoms. The molecule has 0 saturated heterocycles. The van der Waals surface area contributed by atoms with Crippen LogP contribution in [0.1, 0.15) is 54.9 Å². The van der Waals surface area contributed by atoms with Gasteiger partial charge in [-0.1, -0.05) is 19.8 Å². The Balaban J connectivity index is 2.30. The van der Waals surface area contributed by atoms with Gasteiger partial charge in [0, 0.05) is 23.4 Å². The Morgan fingerprint density at radius 2 is 2.06 bits per heavy atom. The van der Waals surface area contributed by atoms with Gasteiger partial charge < -0.3 is 0 Å². The summed E-state index contributed by atoms with van der Waals surface area (Å²) >= 11 is 0. The van der Waals surface area contributed by atoms with Gasteiger partial charge in [-0.3, -0.25) is 9.78 Å². The van der Waals surface area contributed by atoms with Crippen LogP contribution in [-0.2, 0) is 0 Å². The van der Waals surface area contributed by atoms with Gasteiger partial charge in [0.25, 0.3) is 0 Å². The van der Waals surface area contributed by atoms with Gasteiger partial charge in [0.1, 0.15) is 0 Å². The van der Waals surface area contributed by atoms with E-state index in [1.54, 1.807) is 12.4 Å². The van der Waals surface area contributed by atoms with Crippen molar-refractivity contribution < 1.29 is 4.79 Å². The van der Waals surface area contributed by atoms with Gasteiger partial charge in [0.05, 0.1) is 0 Å². The molecule has 16 heavy (non-hydrogen) atoms. The number of Topliss-reactive ketones (excluding diaryl/α,β-unsaturated/α-hetero) is 1. The molecule has 1 aliphatic carbocycles. The summed E-state index contributed by atoms with van der Waals surface area (Å²) in [5.74, 6) is 0.309. The zero-order valence-corrected chi connectivity index (χ0v) is 10.1. The van der Waals surface area contributed by atoms with Crippen LogP contribution < -0.4 is 0 Å². The standard InChI is InChI=1S/C14H19NO/c1-3-14(6-4-5-7-14)13(16)12-8-11(2)9-15-10-12/h8-10H,3-7H2,1-2H3. The summed E-state index contributed by atoms with van der Waals surface area (Å²) in [6.07, 6.45) is 8.96. The van der Waals surface area contributed by atoms with Crippen LogP contribution in [0.5, 0.6) is 0 Å². The molecular formula is C14H19NO. The van der Waals surface area contributed by atoms with Crippen LogP contribution in [0.3, 0.4) is 0 Å². The Kier molecular flexibility index (Phi) is 3.08. The Bertz CT molecular complexity index is 391. The third-order valence-electron chi connectivity index (χ3n) is 3.86. The molecule has 1 heterocycles. The highest BCUT2D eigenvalue weighted by molar-refractivity contribution is 6.00. The topological polar surface area (TPSA) is 30.0 Å². The lowest BCUT2D eigenvalue weighted by Crippen LogP contribution is -2.27. The number of rotatable bonds is 3. The van der Waals surface area contributed by atoms with Crippen LogP contribution in [0.15, 0.2) is 18.5 Å². The van der Waals surface area contributed by atoms with Gasteiger partial charge in [-0.2, -0.15) is 0 Å². The molecule has 0 spiro atoms. The molecule has 0 bridgehead atoms. The Hall–Kier alpha value is -1.18. The molecule has 2 rings (SSSR count). The molecule has 1 fully saturated rings. The normalized spacial score (nSPS) is 18.6. The maximum atomic E-state index is 12.5. The predicted molar refractivity (Wildman–Crippen MR) is 64.5 cm³/mol. The minimum atomic E-state index is -0.0878. The number of carbonyl (C=O) groups is 1. The number of carbonyl (C=O) groups excluding carboxylic acids is 1. The molecule has 0 radical (unpaired) electrons. The average molecular weight is 217 g/mol. The number of aromatic nitrogens is 1. The molecule has 86 valence electrons. The first-order chi connectivity index (χ1) is 7.68. The zero-order valence-electron chi connectivity index (χ0n) is 10.1. The SMILES string of the molecule is CCC1(C(=O)c2cncc(C)c2)CCCC1. The highest BCUT2D eigenvalue weighted by Crippen LogP contribution is 2.43. The van der Waals surface area contributed by atoms with E-state index in [9.17, 15) is 4.79 Å². The van der Waals surface area contributed by atoms with Crippen molar-refractivity contribution >= 4 is 5.78 Å². The summed E-state index contributed by atoms with van der Waals surface area (Å²) in [5, 5.41) is 0. The molecule has 1 aliphatic rings. The first-order valence-electron chi connectivity index (χ1n) is 6.14. The molecule has 0 unspecified atom stereocenters. The zero-order chi connectivity index (χ0) is 11.6. The van der Waals surface area contributed by atoms with Gasteiger partial charge in [-0.15, -0.1) is 0 Å². The van der Waals surface area contributed by atoms with E-state index in [1.807, 2.05) is 13.0 Å². The fourth-order valence-electron chi connectivity index (χ4n) is 2.78. The highest BCUT2D eigenvalue weighted by Gasteiger charge is 2.39. The molecule has 1 aromatic heterocycles. The van der Waals surface area contributed by atoms with Gasteiger partial charge >= 0.3 is 0 Å². The fourth-order valence-corrected chi connectivity index (χ4v) is 2.78. The third-order valence-corrected chi connectivity index (χ3v) is 3.86. The third kappa shape index (κ3) is 1.89. The summed E-state index contributed by atoms with van der Waals surface area (Å²) in [4.78, 5) is 16.6. The molecule has 0 aromatic carbocycles. The molecule has 0 amide bonds. The number of ketones is 1. The summed E-state index contributed by atoms with van der Waals surface area (Å²) in [6, 6.07) is 1.96. The lowest BCUT2D eigenvalue weighted by molar-refractivity contribution is 0.0791. The highest BCUT2D eigenvalue weighted by atomic mass is 16.1. The predicted octanol–water partition coefficient (Wildman–Crippen LogP) is 3.54. The maximum Gasteiger partial charge on any atom is 0.170 e. The van der Waals surface area contributed by atoms with Gasteiger partial charge in [0.15, 0.2) is 5.78 Å². The largest absolute Gasteiger partial charge is 0.293 e. The maximum absolute atomic E-state index is 12.5. The molecule has 0 N–H and O–H groups in total. The van der Waals surface area contributed by atoms with E-state index in [0.717, 1.165) is 30.4 Å². The molecular weight excluding hydrogens is 198 g/mol. The second-order valence-electron chi connectivity index (χ2n) is 4.92. The van der Waals surface area contributed by atoms with Crippen molar-refractivity contribution in [1.29, 1.82) is 0 Å². The van der Waals surface area contributed by atoms with Crippen LogP contribution in [0.4, 0.5) is 0 Å². The Morgan fingerprint density at radius 3 is 2.62 bits per heavy atom. The van der Waals surface area contributed by atoms with E-state index in [-0.39, 0.29) is 5.41 Å². The Morgan fingerprint density at radius 1 is 1.38 bits per heavy atom. The quantitative estimate of drug-likeness (QED) is 0.725. The van der Waals surface area contributed by atoms with Crippen molar-refractivity contribution in [3.05, 3.63) is 29.6 Å². The smallest absolute Gasteiger partial charge is 0.170 e. The molecule has 0 atom stereocenters. The van der Waals surface area contributed by atoms with Crippen molar-refractivity contribution in [1.82, 2.24) is 4.98 Å². The number of nitrogens with zero attached hydrogens (tertiary/aromatic N) is 1. The van der Waals surface area contributed by atoms with Crippen molar-refractivity contribution in [2.24, 2.45) is 5.41 Å². The van der Waals surface area contributed by atoms with Crippen LogP contribution in [0.25, 0.3) is 0 Å². The van der Waals surface area contributed by atoms with Crippen LogP contribution in [-0.4, -0.2) is 10.8 Å². The van der Waals surface area contributed by atoms with E-state index < -0.39 is 0 Å². The van der Waals surface area contributed by atoms with Crippen LogP contribution >= 0.6 is 0 Å². The van der Waals surface area contributed by atoms with E-state index in [4.69, 9.17) is 0 Å². The monoisotopic (exact) mass is 217 g/mol. The summed E-state index contributed by atoms with van der Waals surface area (Å²) in [5.41, 5.74) is 1.77. The fraction of sp³-hybridized carbons (Fsp3) is 0.571. The minimum Gasteiger partial charge on any atom is -0.293 e. The van der Waals surface area contributed by atoms with E-state index in [2.05, 4.69) is 11.9 Å². The first kappa shape index (κ1) is 11.3. The van der Waals surface area contributed by atoms with E-state index in [1.165, 1.54) is 12.8 Å². The number of hydrogen-bond acceptors (Lipinski definition) is 2. The van der Waals surface area contributed by atoms with Crippen molar-refractivity contribution in [2.75, 3.05) is 0 Å². The lowest BCUT2D eigenvalue weighted by Gasteiger charge is -2.25. The van der Waals surface area contributed by atoms with Crippen LogP contribution in [0.2, 0.25) is 0 Å². The Labute approximate surface area is 97.1 Å². The second-order valence-corrected chi connectivity index (χ2v) is 4.92. The van der Waals surface area contributed by atoms with Crippen LogP contribution in [0, 0.1) is 12.3 Å². The molecule has 2 nitrogen and oxygen atoms in total. The van der Waals surface area contributed by atoms with Gasteiger partial charge in [-0.25, -0.2) is 0 Å². The summed E-state index contributed by atoms with van der Waals surface area (Å²) in [7, 11) is 0. The second kappa shape index (κ2) is 4.36. The van der Waals surface area contributed by atoms with E-state index in [0.29, 0.717) is 5.78 Å². The lowest BCUT2D eigenvalue weighted by atomic mass is 9.77. The minimum absolute atomic E-state index is 0.0878. The van der Waals surface area contributed by atoms with Gasteiger partial charge in [-0.05, 0) is 37.8 Å². The number of hydrogen-bond donors (Lipinski definition) is 0. The molecule has 0 aliphatic heterocycles. The van der Waals surface area contributed by atoms with Crippen molar-refractivity contribution in [2.45, 2.75) is 46.0 Å². The number of pyridine rings is 1. The number of aryl methyl sites for hydroxylation is 1. The average Bonchev–Trinajstić information content (AvgIpc) is 2.78. The van der Waals surface area contributed by atoms with E-state index >= 15 is 0 Å². The summed E-state index contributed by atoms with van der Waals surface area (Å²) in [6.45, 7) is 4.11. The first-order valence-corrected chi connectivity index (χ1v) is 6.14. The molecule has 1 aromatic rings. The van der Waals surface area contributed by atoms with Crippen molar-refractivity contribution in [3.63, 3.8) is 0 Å². The molecule has 1 saturated carbocycles.